The molecule has 0 aliphatic rings. The second-order valence-electron chi connectivity index (χ2n) is 6.10. The predicted molar refractivity (Wildman–Crippen MR) is 76.5 cm³/mol. The van der Waals surface area contributed by atoms with E-state index >= 15 is 0 Å². The van der Waals surface area contributed by atoms with Gasteiger partial charge >= 0.3 is 21.6 Å². The van der Waals surface area contributed by atoms with E-state index < -0.39 is 21.6 Å². The van der Waals surface area contributed by atoms with Gasteiger partial charge in [0.1, 0.15) is 5.75 Å². The molecule has 5 nitrogen and oxygen atoms in total. The number of halogens is 3. The number of rotatable bonds is 4. The third kappa shape index (κ3) is 5.42. The van der Waals surface area contributed by atoms with Crippen molar-refractivity contribution in [3.05, 3.63) is 29.3 Å². The van der Waals surface area contributed by atoms with Gasteiger partial charge in [-0.3, -0.25) is 0 Å². The molecule has 0 N–H and O–H groups in total. The Morgan fingerprint density at radius 2 is 1.74 bits per heavy atom. The Morgan fingerprint density at radius 3 is 2.17 bits per heavy atom. The van der Waals surface area contributed by atoms with E-state index in [-0.39, 0.29) is 16.5 Å². The lowest BCUT2D eigenvalue weighted by atomic mass is 9.98. The van der Waals surface area contributed by atoms with Crippen LogP contribution in [-0.2, 0) is 14.3 Å². The SMILES string of the molecule is Cc1cc(OCC(C)(C)C)ccc1C(=O)OS(=O)(=O)C(F)(F)F. The molecule has 1 rings (SSSR count). The van der Waals surface area contributed by atoms with Crippen LogP contribution < -0.4 is 4.74 Å². The van der Waals surface area contributed by atoms with Gasteiger partial charge in [0.05, 0.1) is 12.2 Å². The number of alkyl halides is 3. The van der Waals surface area contributed by atoms with Crippen molar-refractivity contribution in [2.45, 2.75) is 33.2 Å². The van der Waals surface area contributed by atoms with Gasteiger partial charge in [-0.1, -0.05) is 20.8 Å². The Kier molecular flexibility index (Phi) is 5.35. The summed E-state index contributed by atoms with van der Waals surface area (Å²) in [4.78, 5) is 11.6. The first kappa shape index (κ1) is 19.3. The molecule has 0 saturated carbocycles. The fourth-order valence-corrected chi connectivity index (χ4v) is 1.83. The lowest BCUT2D eigenvalue weighted by Gasteiger charge is -2.19. The quantitative estimate of drug-likeness (QED) is 0.612. The number of carbonyl (C=O) groups excluding carboxylic acids is 1. The summed E-state index contributed by atoms with van der Waals surface area (Å²) in [6.45, 7) is 7.67. The molecule has 1 aromatic carbocycles. The molecule has 0 heterocycles. The van der Waals surface area contributed by atoms with Gasteiger partial charge in [-0.25, -0.2) is 4.79 Å². The van der Waals surface area contributed by atoms with E-state index in [4.69, 9.17) is 4.74 Å². The average Bonchev–Trinajstić information content (AvgIpc) is 2.33. The highest BCUT2D eigenvalue weighted by Gasteiger charge is 2.49. The van der Waals surface area contributed by atoms with Gasteiger partial charge in [0.2, 0.25) is 0 Å². The molecule has 0 bridgehead atoms. The Bertz CT molecular complexity index is 687. The summed E-state index contributed by atoms with van der Waals surface area (Å²) >= 11 is 0. The van der Waals surface area contributed by atoms with E-state index in [2.05, 4.69) is 4.18 Å². The number of carbonyl (C=O) groups is 1. The summed E-state index contributed by atoms with van der Waals surface area (Å²) in [5.41, 5.74) is -5.82. The maximum atomic E-state index is 12.2. The molecule has 9 heteroatoms. The van der Waals surface area contributed by atoms with E-state index in [1.807, 2.05) is 20.8 Å². The molecule has 0 saturated heterocycles. The van der Waals surface area contributed by atoms with Crippen molar-refractivity contribution in [1.29, 1.82) is 0 Å². The van der Waals surface area contributed by atoms with Gasteiger partial charge < -0.3 is 8.92 Å². The summed E-state index contributed by atoms with van der Waals surface area (Å²) in [7, 11) is -5.98. The number of hydrogen-bond acceptors (Lipinski definition) is 5. The second-order valence-corrected chi connectivity index (χ2v) is 7.63. The van der Waals surface area contributed by atoms with Crippen LogP contribution in [0.15, 0.2) is 18.2 Å². The topological polar surface area (TPSA) is 69.7 Å². The third-order valence-electron chi connectivity index (χ3n) is 2.56. The summed E-state index contributed by atoms with van der Waals surface area (Å²) in [5.74, 6) is -1.19. The molecule has 23 heavy (non-hydrogen) atoms. The van der Waals surface area contributed by atoms with Crippen molar-refractivity contribution in [1.82, 2.24) is 0 Å². The summed E-state index contributed by atoms with van der Waals surface area (Å²) in [6, 6.07) is 3.93. The molecular formula is C14H17F3O5S. The minimum Gasteiger partial charge on any atom is -0.493 e. The molecule has 1 aromatic rings. The van der Waals surface area contributed by atoms with Crippen molar-refractivity contribution >= 4 is 16.1 Å². The molecule has 0 radical (unpaired) electrons. The highest BCUT2D eigenvalue weighted by Crippen LogP contribution is 2.27. The summed E-state index contributed by atoms with van der Waals surface area (Å²) < 4.78 is 67.4. The highest BCUT2D eigenvalue weighted by molar-refractivity contribution is 7.88. The minimum atomic E-state index is -5.98. The van der Waals surface area contributed by atoms with E-state index in [0.29, 0.717) is 12.4 Å². The minimum absolute atomic E-state index is 0.105. The zero-order valence-electron chi connectivity index (χ0n) is 13.0. The van der Waals surface area contributed by atoms with Gasteiger partial charge in [0.15, 0.2) is 0 Å². The van der Waals surface area contributed by atoms with E-state index in [9.17, 15) is 26.4 Å². The molecule has 0 aliphatic carbocycles. The normalized spacial score (nSPS) is 12.8. The lowest BCUT2D eigenvalue weighted by Crippen LogP contribution is -2.28. The monoisotopic (exact) mass is 354 g/mol. The zero-order chi connectivity index (χ0) is 18.1. The summed E-state index contributed by atoms with van der Waals surface area (Å²) in [6.07, 6.45) is 0. The molecule has 0 spiro atoms. The average molecular weight is 354 g/mol. The number of hydrogen-bond donors (Lipinski definition) is 0. The van der Waals surface area contributed by atoms with Crippen LogP contribution in [0.3, 0.4) is 0 Å². The highest BCUT2D eigenvalue weighted by atomic mass is 32.2. The first-order valence-electron chi connectivity index (χ1n) is 6.51. The van der Waals surface area contributed by atoms with Gasteiger partial charge in [-0.15, -0.1) is 0 Å². The number of aryl methyl sites for hydroxylation is 1. The molecule has 0 fully saturated rings. The third-order valence-corrected chi connectivity index (χ3v) is 3.50. The van der Waals surface area contributed by atoms with Crippen LogP contribution in [0.25, 0.3) is 0 Å². The van der Waals surface area contributed by atoms with Crippen LogP contribution in [-0.4, -0.2) is 26.5 Å². The molecule has 0 unspecified atom stereocenters. The molecule has 0 amide bonds. The van der Waals surface area contributed by atoms with Crippen LogP contribution in [0, 0.1) is 12.3 Å². The van der Waals surface area contributed by atoms with Crippen LogP contribution in [0.5, 0.6) is 5.75 Å². The largest absolute Gasteiger partial charge is 0.534 e. The number of ether oxygens (including phenoxy) is 1. The molecule has 0 aromatic heterocycles. The number of benzene rings is 1. The van der Waals surface area contributed by atoms with E-state index in [0.717, 1.165) is 6.07 Å². The Hall–Kier alpha value is -1.77. The first-order valence-corrected chi connectivity index (χ1v) is 7.92. The van der Waals surface area contributed by atoms with Crippen molar-refractivity contribution < 1.29 is 35.3 Å². The van der Waals surface area contributed by atoms with Gasteiger partial charge in [0, 0.05) is 0 Å². The van der Waals surface area contributed by atoms with Gasteiger partial charge in [0.25, 0.3) is 0 Å². The van der Waals surface area contributed by atoms with Crippen LogP contribution in [0.1, 0.15) is 36.7 Å². The Balaban J connectivity index is 2.92. The Morgan fingerprint density at radius 1 is 1.17 bits per heavy atom. The fourth-order valence-electron chi connectivity index (χ4n) is 1.45. The maximum Gasteiger partial charge on any atom is 0.534 e. The van der Waals surface area contributed by atoms with Crippen LogP contribution in [0.4, 0.5) is 13.2 Å². The molecule has 0 aliphatic heterocycles. The van der Waals surface area contributed by atoms with Gasteiger partial charge in [-0.2, -0.15) is 21.6 Å². The fraction of sp³-hybridized carbons (Fsp3) is 0.500. The lowest BCUT2D eigenvalue weighted by molar-refractivity contribution is -0.0525. The van der Waals surface area contributed by atoms with Crippen molar-refractivity contribution in [3.63, 3.8) is 0 Å². The molecular weight excluding hydrogens is 337 g/mol. The van der Waals surface area contributed by atoms with Crippen molar-refractivity contribution in [2.24, 2.45) is 5.41 Å². The van der Waals surface area contributed by atoms with Gasteiger partial charge in [-0.05, 0) is 36.1 Å². The zero-order valence-corrected chi connectivity index (χ0v) is 13.8. The van der Waals surface area contributed by atoms with E-state index in [1.165, 1.54) is 19.1 Å². The van der Waals surface area contributed by atoms with Crippen LogP contribution in [0.2, 0.25) is 0 Å². The standard InChI is InChI=1S/C14H17F3O5S/c1-9-7-10(21-8-13(2,3)4)5-6-11(9)12(18)22-23(19,20)14(15,16)17/h5-7H,8H2,1-4H3. The van der Waals surface area contributed by atoms with Crippen LogP contribution >= 0.6 is 0 Å². The first-order chi connectivity index (χ1) is 10.2. The van der Waals surface area contributed by atoms with Crippen molar-refractivity contribution in [3.8, 4) is 5.75 Å². The maximum absolute atomic E-state index is 12.2. The molecule has 130 valence electrons. The van der Waals surface area contributed by atoms with E-state index in [1.54, 1.807) is 0 Å². The second kappa shape index (κ2) is 6.38. The van der Waals surface area contributed by atoms with Crippen molar-refractivity contribution in [2.75, 3.05) is 6.61 Å². The summed E-state index contributed by atoms with van der Waals surface area (Å²) in [5, 5.41) is 0. The smallest absolute Gasteiger partial charge is 0.493 e. The predicted octanol–water partition coefficient (Wildman–Crippen LogP) is 3.43. The Labute approximate surface area is 132 Å². The molecule has 0 atom stereocenters.